The zero-order valence-corrected chi connectivity index (χ0v) is 10.0. The van der Waals surface area contributed by atoms with Crippen LogP contribution < -0.4 is 5.56 Å². The predicted octanol–water partition coefficient (Wildman–Crippen LogP) is 0.745. The first kappa shape index (κ1) is 10.3. The molecule has 0 unspecified atom stereocenters. The van der Waals surface area contributed by atoms with E-state index in [-0.39, 0.29) is 5.56 Å². The lowest BCUT2D eigenvalue weighted by molar-refractivity contribution is 0.481. The molecule has 2 rings (SSSR count). The smallest absolute Gasteiger partial charge is 0.267 e. The van der Waals surface area contributed by atoms with Crippen molar-refractivity contribution < 1.29 is 0 Å². The Morgan fingerprint density at radius 2 is 2.20 bits per heavy atom. The van der Waals surface area contributed by atoms with Gasteiger partial charge in [-0.1, -0.05) is 0 Å². The van der Waals surface area contributed by atoms with Crippen molar-refractivity contribution in [1.29, 1.82) is 0 Å². The van der Waals surface area contributed by atoms with E-state index in [2.05, 4.69) is 32.8 Å². The average Bonchev–Trinajstić information content (AvgIpc) is 2.69. The second kappa shape index (κ2) is 4.56. The highest BCUT2D eigenvalue weighted by molar-refractivity contribution is 14.1. The molecule has 0 bridgehead atoms. The van der Waals surface area contributed by atoms with Crippen molar-refractivity contribution in [2.45, 2.75) is 13.1 Å². The summed E-state index contributed by atoms with van der Waals surface area (Å²) in [4.78, 5) is 11.5. The Bertz CT molecular complexity index is 491. The fraction of sp³-hybridized carbons (Fsp3) is 0.222. The van der Waals surface area contributed by atoms with Crippen LogP contribution in [0.3, 0.4) is 0 Å². The fourth-order valence-corrected chi connectivity index (χ4v) is 1.60. The quantitative estimate of drug-likeness (QED) is 0.785. The molecule has 0 aromatic carbocycles. The normalized spacial score (nSPS) is 10.5. The Labute approximate surface area is 99.9 Å². The first-order chi connectivity index (χ1) is 7.25. The third-order valence-corrected chi connectivity index (χ3v) is 2.53. The van der Waals surface area contributed by atoms with Crippen molar-refractivity contribution in [3.8, 4) is 0 Å². The number of aromatic nitrogens is 4. The summed E-state index contributed by atoms with van der Waals surface area (Å²) >= 11 is 2.07. The number of halogens is 1. The van der Waals surface area contributed by atoms with Gasteiger partial charge in [-0.2, -0.15) is 10.2 Å². The summed E-state index contributed by atoms with van der Waals surface area (Å²) < 4.78 is 4.06. The molecule has 0 saturated heterocycles. The Balaban J connectivity index is 2.09. The third-order valence-electron chi connectivity index (χ3n) is 1.94. The van der Waals surface area contributed by atoms with Gasteiger partial charge in [0.15, 0.2) is 0 Å². The van der Waals surface area contributed by atoms with Crippen molar-refractivity contribution in [3.63, 3.8) is 0 Å². The second-order valence-electron chi connectivity index (χ2n) is 3.00. The van der Waals surface area contributed by atoms with E-state index in [9.17, 15) is 4.79 Å². The van der Waals surface area contributed by atoms with Crippen molar-refractivity contribution >= 4 is 22.6 Å². The molecule has 5 nitrogen and oxygen atoms in total. The molecular formula is C9H9IN4O. The van der Waals surface area contributed by atoms with Gasteiger partial charge >= 0.3 is 0 Å². The van der Waals surface area contributed by atoms with Gasteiger partial charge in [0.25, 0.3) is 5.56 Å². The fourth-order valence-electron chi connectivity index (χ4n) is 1.21. The van der Waals surface area contributed by atoms with Crippen molar-refractivity contribution in [2.24, 2.45) is 0 Å². The molecule has 0 N–H and O–H groups in total. The summed E-state index contributed by atoms with van der Waals surface area (Å²) in [6.45, 7) is 1.19. The Hall–Kier alpha value is -1.18. The molecule has 0 fully saturated rings. The maximum Gasteiger partial charge on any atom is 0.267 e. The Morgan fingerprint density at radius 1 is 1.33 bits per heavy atom. The summed E-state index contributed by atoms with van der Waals surface area (Å²) in [5.41, 5.74) is -0.0749. The molecular weight excluding hydrogens is 307 g/mol. The summed E-state index contributed by atoms with van der Waals surface area (Å²) in [5.74, 6) is 0. The summed E-state index contributed by atoms with van der Waals surface area (Å²) in [5, 5.41) is 8.08. The first-order valence-corrected chi connectivity index (χ1v) is 5.54. The van der Waals surface area contributed by atoms with Gasteiger partial charge in [-0.05, 0) is 28.7 Å². The minimum atomic E-state index is -0.0749. The van der Waals surface area contributed by atoms with Crippen LogP contribution >= 0.6 is 22.6 Å². The standard InChI is InChI=1S/C9H9IN4O/c10-8-6-9(15)14(12-7-8)5-4-13-3-1-2-11-13/h1-3,6-7H,4-5H2. The minimum absolute atomic E-state index is 0.0749. The largest absolute Gasteiger partial charge is 0.271 e. The summed E-state index contributed by atoms with van der Waals surface area (Å²) in [7, 11) is 0. The molecule has 0 saturated carbocycles. The highest BCUT2D eigenvalue weighted by Crippen LogP contribution is 1.96. The average molecular weight is 316 g/mol. The van der Waals surface area contributed by atoms with Gasteiger partial charge in [-0.25, -0.2) is 4.68 Å². The van der Waals surface area contributed by atoms with Gasteiger partial charge < -0.3 is 0 Å². The predicted molar refractivity (Wildman–Crippen MR) is 63.4 cm³/mol. The van der Waals surface area contributed by atoms with Crippen LogP contribution in [0.4, 0.5) is 0 Å². The van der Waals surface area contributed by atoms with Crippen molar-refractivity contribution in [1.82, 2.24) is 19.6 Å². The molecule has 0 aliphatic heterocycles. The topological polar surface area (TPSA) is 52.7 Å². The van der Waals surface area contributed by atoms with Crippen LogP contribution in [0.1, 0.15) is 0 Å². The van der Waals surface area contributed by atoms with Crippen molar-refractivity contribution in [2.75, 3.05) is 0 Å². The Kier molecular flexibility index (Phi) is 3.14. The van der Waals surface area contributed by atoms with E-state index in [0.29, 0.717) is 13.1 Å². The van der Waals surface area contributed by atoms with E-state index < -0.39 is 0 Å². The molecule has 2 heterocycles. The molecule has 0 spiro atoms. The number of hydrogen-bond acceptors (Lipinski definition) is 3. The summed E-state index contributed by atoms with van der Waals surface area (Å²) in [6.07, 6.45) is 5.24. The monoisotopic (exact) mass is 316 g/mol. The molecule has 0 aliphatic carbocycles. The molecule has 78 valence electrons. The number of aryl methyl sites for hydroxylation is 2. The number of rotatable bonds is 3. The van der Waals surface area contributed by atoms with E-state index in [1.807, 2.05) is 12.3 Å². The molecule has 0 radical (unpaired) electrons. The van der Waals surface area contributed by atoms with Crippen LogP contribution in [-0.4, -0.2) is 19.6 Å². The SMILES string of the molecule is O=c1cc(I)cnn1CCn1cccn1. The molecule has 0 aliphatic rings. The zero-order valence-electron chi connectivity index (χ0n) is 7.88. The molecule has 2 aromatic heterocycles. The van der Waals surface area contributed by atoms with Crippen LogP contribution in [0.25, 0.3) is 0 Å². The van der Waals surface area contributed by atoms with Crippen LogP contribution in [0.2, 0.25) is 0 Å². The van der Waals surface area contributed by atoms with Crippen molar-refractivity contribution in [3.05, 3.63) is 44.6 Å². The minimum Gasteiger partial charge on any atom is -0.271 e. The highest BCUT2D eigenvalue weighted by Gasteiger charge is 1.98. The van der Waals surface area contributed by atoms with Crippen LogP contribution in [0, 0.1) is 3.57 Å². The number of nitrogens with zero attached hydrogens (tertiary/aromatic N) is 4. The molecule has 2 aromatic rings. The highest BCUT2D eigenvalue weighted by atomic mass is 127. The number of hydrogen-bond donors (Lipinski definition) is 0. The van der Waals surface area contributed by atoms with Gasteiger partial charge in [0, 0.05) is 22.0 Å². The van der Waals surface area contributed by atoms with Gasteiger partial charge in [0.05, 0.1) is 19.3 Å². The van der Waals surface area contributed by atoms with E-state index in [1.165, 1.54) is 4.68 Å². The molecule has 0 amide bonds. The molecule has 0 atom stereocenters. The molecule has 15 heavy (non-hydrogen) atoms. The maximum absolute atomic E-state index is 11.5. The summed E-state index contributed by atoms with van der Waals surface area (Å²) in [6, 6.07) is 3.42. The van der Waals surface area contributed by atoms with Crippen LogP contribution in [-0.2, 0) is 13.1 Å². The van der Waals surface area contributed by atoms with Gasteiger partial charge in [0.2, 0.25) is 0 Å². The lowest BCUT2D eigenvalue weighted by Gasteiger charge is -2.03. The van der Waals surface area contributed by atoms with Crippen LogP contribution in [0.15, 0.2) is 35.5 Å². The maximum atomic E-state index is 11.5. The first-order valence-electron chi connectivity index (χ1n) is 4.46. The lowest BCUT2D eigenvalue weighted by Crippen LogP contribution is -2.24. The Morgan fingerprint density at radius 3 is 2.87 bits per heavy atom. The van der Waals surface area contributed by atoms with Gasteiger partial charge in [0.1, 0.15) is 0 Å². The van der Waals surface area contributed by atoms with E-state index in [4.69, 9.17) is 0 Å². The lowest BCUT2D eigenvalue weighted by atomic mass is 10.5. The van der Waals surface area contributed by atoms with E-state index in [1.54, 1.807) is 23.1 Å². The second-order valence-corrected chi connectivity index (χ2v) is 4.25. The van der Waals surface area contributed by atoms with E-state index in [0.717, 1.165) is 3.57 Å². The van der Waals surface area contributed by atoms with E-state index >= 15 is 0 Å². The van der Waals surface area contributed by atoms with Gasteiger partial charge in [-0.15, -0.1) is 0 Å². The third kappa shape index (κ3) is 2.65. The van der Waals surface area contributed by atoms with Gasteiger partial charge in [-0.3, -0.25) is 9.48 Å². The zero-order chi connectivity index (χ0) is 10.7. The van der Waals surface area contributed by atoms with Crippen LogP contribution in [0.5, 0.6) is 0 Å². The molecule has 6 heteroatoms.